The number of carbonyl (C=O) groups is 2. The maximum Gasteiger partial charge on any atom is 0.316 e. The molecule has 0 saturated carbocycles. The number of benzene rings is 2. The molecule has 1 fully saturated rings. The number of aryl methyl sites for hydroxylation is 2. The summed E-state index contributed by atoms with van der Waals surface area (Å²) in [7, 11) is 1.53. The van der Waals surface area contributed by atoms with Crippen molar-refractivity contribution in [3.05, 3.63) is 52.5 Å². The number of methoxy groups -OCH3 is 1. The molecule has 1 aliphatic rings. The number of rotatable bonds is 4. The molecule has 1 saturated heterocycles. The van der Waals surface area contributed by atoms with Crippen LogP contribution in [-0.4, -0.2) is 25.5 Å². The fourth-order valence-electron chi connectivity index (χ4n) is 3.16. The average molecular weight is 374 g/mol. The number of nitrogens with zero attached hydrogens (tertiary/aromatic N) is 1. The fourth-order valence-corrected chi connectivity index (χ4v) is 3.33. The summed E-state index contributed by atoms with van der Waals surface area (Å²) in [4.78, 5) is 26.5. The smallest absolute Gasteiger partial charge is 0.316 e. The van der Waals surface area contributed by atoms with Crippen LogP contribution in [0.2, 0.25) is 5.02 Å². The molecule has 1 amide bonds. The minimum Gasteiger partial charge on any atom is -0.495 e. The Bertz CT molecular complexity index is 845. The SMILES string of the molecule is COc1ccc(Cl)cc1N1C[C@@H](C(=O)Oc2cc(C)cc(C)c2)CC1=O. The highest BCUT2D eigenvalue weighted by Gasteiger charge is 2.37. The van der Waals surface area contributed by atoms with Gasteiger partial charge in [0.05, 0.1) is 18.7 Å². The molecular weight excluding hydrogens is 354 g/mol. The van der Waals surface area contributed by atoms with E-state index in [1.807, 2.05) is 19.9 Å². The summed E-state index contributed by atoms with van der Waals surface area (Å²) in [5.74, 6) is -0.0726. The van der Waals surface area contributed by atoms with Crippen LogP contribution < -0.4 is 14.4 Å². The molecule has 3 rings (SSSR count). The van der Waals surface area contributed by atoms with Gasteiger partial charge in [0.1, 0.15) is 11.5 Å². The van der Waals surface area contributed by atoms with Gasteiger partial charge in [0.25, 0.3) is 0 Å². The summed E-state index contributed by atoms with van der Waals surface area (Å²) >= 11 is 6.05. The second-order valence-electron chi connectivity index (χ2n) is 6.47. The number of esters is 1. The van der Waals surface area contributed by atoms with Gasteiger partial charge in [-0.25, -0.2) is 0 Å². The van der Waals surface area contributed by atoms with Crippen molar-refractivity contribution < 1.29 is 19.1 Å². The molecule has 0 aromatic heterocycles. The van der Waals surface area contributed by atoms with E-state index in [1.165, 1.54) is 12.0 Å². The highest BCUT2D eigenvalue weighted by Crippen LogP contribution is 2.35. The van der Waals surface area contributed by atoms with E-state index in [-0.39, 0.29) is 18.9 Å². The van der Waals surface area contributed by atoms with Crippen LogP contribution in [0.5, 0.6) is 11.5 Å². The molecule has 26 heavy (non-hydrogen) atoms. The van der Waals surface area contributed by atoms with Gasteiger partial charge in [0, 0.05) is 18.0 Å². The van der Waals surface area contributed by atoms with Crippen molar-refractivity contribution in [2.24, 2.45) is 5.92 Å². The van der Waals surface area contributed by atoms with Crippen molar-refractivity contribution >= 4 is 29.2 Å². The first-order valence-corrected chi connectivity index (χ1v) is 8.69. The van der Waals surface area contributed by atoms with Gasteiger partial charge in [0.2, 0.25) is 5.91 Å². The predicted molar refractivity (Wildman–Crippen MR) is 100 cm³/mol. The Hall–Kier alpha value is -2.53. The number of anilines is 1. The minimum absolute atomic E-state index is 0.0965. The van der Waals surface area contributed by atoms with Gasteiger partial charge in [0.15, 0.2) is 0 Å². The molecule has 0 radical (unpaired) electrons. The van der Waals surface area contributed by atoms with Gasteiger partial charge in [-0.15, -0.1) is 0 Å². The van der Waals surface area contributed by atoms with Crippen LogP contribution in [-0.2, 0) is 9.59 Å². The molecule has 2 aromatic carbocycles. The molecule has 0 N–H and O–H groups in total. The molecule has 2 aromatic rings. The third-order valence-corrected chi connectivity index (χ3v) is 4.54. The quantitative estimate of drug-likeness (QED) is 0.602. The first-order chi connectivity index (χ1) is 12.4. The summed E-state index contributed by atoms with van der Waals surface area (Å²) in [6.45, 7) is 4.12. The molecular formula is C20H20ClNO4. The first-order valence-electron chi connectivity index (χ1n) is 8.31. The molecule has 6 heteroatoms. The number of carbonyl (C=O) groups excluding carboxylic acids is 2. The van der Waals surface area contributed by atoms with E-state index in [9.17, 15) is 9.59 Å². The van der Waals surface area contributed by atoms with Crippen molar-refractivity contribution in [1.29, 1.82) is 0 Å². The van der Waals surface area contributed by atoms with Crippen LogP contribution in [0.4, 0.5) is 5.69 Å². The summed E-state index contributed by atoms with van der Waals surface area (Å²) in [5, 5.41) is 0.495. The Morgan fingerprint density at radius 2 is 1.85 bits per heavy atom. The summed E-state index contributed by atoms with van der Waals surface area (Å²) in [6.07, 6.45) is 0.0965. The third-order valence-electron chi connectivity index (χ3n) is 4.30. The Labute approximate surface area is 157 Å². The maximum atomic E-state index is 12.5. The van der Waals surface area contributed by atoms with Gasteiger partial charge >= 0.3 is 5.97 Å². The lowest BCUT2D eigenvalue weighted by atomic mass is 10.1. The largest absolute Gasteiger partial charge is 0.495 e. The zero-order valence-corrected chi connectivity index (χ0v) is 15.7. The Morgan fingerprint density at radius 3 is 2.50 bits per heavy atom. The second kappa shape index (κ2) is 7.38. The van der Waals surface area contributed by atoms with Crippen molar-refractivity contribution in [2.75, 3.05) is 18.6 Å². The summed E-state index contributed by atoms with van der Waals surface area (Å²) in [5.41, 5.74) is 2.59. The molecule has 1 aliphatic heterocycles. The van der Waals surface area contributed by atoms with Gasteiger partial charge < -0.3 is 14.4 Å². The van der Waals surface area contributed by atoms with Crippen molar-refractivity contribution in [1.82, 2.24) is 0 Å². The molecule has 0 aliphatic carbocycles. The number of amides is 1. The summed E-state index contributed by atoms with van der Waals surface area (Å²) < 4.78 is 10.8. The number of halogens is 1. The van der Waals surface area contributed by atoms with Crippen LogP contribution in [0.3, 0.4) is 0 Å². The minimum atomic E-state index is -0.535. The lowest BCUT2D eigenvalue weighted by Gasteiger charge is -2.19. The monoisotopic (exact) mass is 373 g/mol. The molecule has 0 bridgehead atoms. The molecule has 136 valence electrons. The average Bonchev–Trinajstić information content (AvgIpc) is 2.95. The number of hydrogen-bond donors (Lipinski definition) is 0. The maximum absolute atomic E-state index is 12.5. The van der Waals surface area contributed by atoms with Crippen LogP contribution in [0.15, 0.2) is 36.4 Å². The zero-order chi connectivity index (χ0) is 18.8. The first kappa shape index (κ1) is 18.3. The highest BCUT2D eigenvalue weighted by molar-refractivity contribution is 6.31. The van der Waals surface area contributed by atoms with Crippen LogP contribution in [0.25, 0.3) is 0 Å². The molecule has 5 nitrogen and oxygen atoms in total. The number of ether oxygens (including phenoxy) is 2. The fraction of sp³-hybridized carbons (Fsp3) is 0.300. The van der Waals surface area contributed by atoms with E-state index in [1.54, 1.807) is 30.3 Å². The topological polar surface area (TPSA) is 55.8 Å². The van der Waals surface area contributed by atoms with Crippen molar-refractivity contribution in [3.8, 4) is 11.5 Å². The highest BCUT2D eigenvalue weighted by atomic mass is 35.5. The van der Waals surface area contributed by atoms with Gasteiger partial charge in [-0.1, -0.05) is 17.7 Å². The molecule has 0 unspecified atom stereocenters. The normalized spacial score (nSPS) is 16.7. The second-order valence-corrected chi connectivity index (χ2v) is 6.90. The van der Waals surface area contributed by atoms with Crippen molar-refractivity contribution in [3.63, 3.8) is 0 Å². The predicted octanol–water partition coefficient (Wildman–Crippen LogP) is 3.92. The van der Waals surface area contributed by atoms with E-state index < -0.39 is 11.9 Å². The van der Waals surface area contributed by atoms with Crippen LogP contribution in [0.1, 0.15) is 17.5 Å². The Balaban J connectivity index is 1.77. The lowest BCUT2D eigenvalue weighted by molar-refractivity contribution is -0.139. The Kier molecular flexibility index (Phi) is 5.18. The Morgan fingerprint density at radius 1 is 1.15 bits per heavy atom. The van der Waals surface area contributed by atoms with E-state index >= 15 is 0 Å². The van der Waals surface area contributed by atoms with Gasteiger partial charge in [-0.05, 0) is 55.3 Å². The third kappa shape index (κ3) is 3.83. The lowest BCUT2D eigenvalue weighted by Crippen LogP contribution is -2.27. The van der Waals surface area contributed by atoms with E-state index in [2.05, 4.69) is 0 Å². The van der Waals surface area contributed by atoms with Crippen LogP contribution >= 0.6 is 11.6 Å². The molecule has 1 atom stereocenters. The van der Waals surface area contributed by atoms with E-state index in [0.29, 0.717) is 22.2 Å². The van der Waals surface area contributed by atoms with Crippen LogP contribution in [0, 0.1) is 19.8 Å². The van der Waals surface area contributed by atoms with Crippen molar-refractivity contribution in [2.45, 2.75) is 20.3 Å². The van der Waals surface area contributed by atoms with E-state index in [0.717, 1.165) is 11.1 Å². The summed E-state index contributed by atoms with van der Waals surface area (Å²) in [6, 6.07) is 10.7. The van der Waals surface area contributed by atoms with E-state index in [4.69, 9.17) is 21.1 Å². The standard InChI is InChI=1S/C20H20ClNO4/c1-12-6-13(2)8-16(7-12)26-20(24)14-9-19(23)22(11-14)17-10-15(21)4-5-18(17)25-3/h4-8,10,14H,9,11H2,1-3H3/t14-/m0/s1. The van der Waals surface area contributed by atoms with Gasteiger partial charge in [-0.2, -0.15) is 0 Å². The van der Waals surface area contributed by atoms with Gasteiger partial charge in [-0.3, -0.25) is 9.59 Å². The molecule has 0 spiro atoms. The number of hydrogen-bond acceptors (Lipinski definition) is 4. The zero-order valence-electron chi connectivity index (χ0n) is 14.9. The molecule has 1 heterocycles.